The predicted molar refractivity (Wildman–Crippen MR) is 63.2 cm³/mol. The second-order valence-electron chi connectivity index (χ2n) is 5.00. The van der Waals surface area contributed by atoms with E-state index in [1.165, 1.54) is 16.0 Å². The summed E-state index contributed by atoms with van der Waals surface area (Å²) in [6, 6.07) is 0. The van der Waals surface area contributed by atoms with Crippen LogP contribution < -0.4 is 0 Å². The molecule has 0 aromatic rings. The average molecular weight is 237 g/mol. The summed E-state index contributed by atoms with van der Waals surface area (Å²) in [6.45, 7) is 4.92. The molecule has 17 heavy (non-hydrogen) atoms. The van der Waals surface area contributed by atoms with Gasteiger partial charge in [0.05, 0.1) is 25.0 Å². The number of allylic oxidation sites excluding steroid dienone is 2. The van der Waals surface area contributed by atoms with Crippen LogP contribution in [0, 0.1) is 11.8 Å². The average Bonchev–Trinajstić information content (AvgIpc) is 2.51. The van der Waals surface area contributed by atoms with Crippen LogP contribution in [0.25, 0.3) is 0 Å². The summed E-state index contributed by atoms with van der Waals surface area (Å²) >= 11 is 0. The maximum absolute atomic E-state index is 12.1. The van der Waals surface area contributed by atoms with Crippen molar-refractivity contribution < 1.29 is 14.3 Å². The third-order valence-corrected chi connectivity index (χ3v) is 3.95. The number of hydrogen-bond donors (Lipinski definition) is 0. The number of carbonyl (C=O) groups excluding carboxylic acids is 2. The second-order valence-corrected chi connectivity index (χ2v) is 5.00. The van der Waals surface area contributed by atoms with Gasteiger partial charge in [0.1, 0.15) is 0 Å². The van der Waals surface area contributed by atoms with Crippen molar-refractivity contribution >= 4 is 11.8 Å². The smallest absolute Gasteiger partial charge is 0.233 e. The fourth-order valence-corrected chi connectivity index (χ4v) is 2.72. The van der Waals surface area contributed by atoms with Gasteiger partial charge in [-0.25, -0.2) is 0 Å². The number of likely N-dealkylation sites (tertiary alicyclic amines) is 1. The van der Waals surface area contributed by atoms with Crippen LogP contribution in [0.15, 0.2) is 11.1 Å². The summed E-state index contributed by atoms with van der Waals surface area (Å²) < 4.78 is 4.94. The summed E-state index contributed by atoms with van der Waals surface area (Å²) in [5.74, 6) is -0.265. The van der Waals surface area contributed by atoms with Crippen molar-refractivity contribution in [2.24, 2.45) is 11.8 Å². The van der Waals surface area contributed by atoms with Gasteiger partial charge in [0.2, 0.25) is 11.8 Å². The molecule has 4 heteroatoms. The quantitative estimate of drug-likeness (QED) is 0.550. The van der Waals surface area contributed by atoms with Crippen LogP contribution >= 0.6 is 0 Å². The molecule has 0 saturated carbocycles. The highest BCUT2D eigenvalue weighted by atomic mass is 16.5. The Balaban J connectivity index is 2.16. The Labute approximate surface area is 102 Å². The first-order chi connectivity index (χ1) is 8.06. The van der Waals surface area contributed by atoms with Gasteiger partial charge in [-0.2, -0.15) is 0 Å². The van der Waals surface area contributed by atoms with Gasteiger partial charge in [0.15, 0.2) is 0 Å². The van der Waals surface area contributed by atoms with Crippen molar-refractivity contribution in [1.29, 1.82) is 0 Å². The standard InChI is InChI=1S/C13H19NO3/c1-8-6-10-11(7-9(8)2)13(16)14(12(10)15)4-5-17-3/h10-11H,4-7H2,1-3H3/t10-,11-/m1/s1. The molecule has 0 N–H and O–H groups in total. The molecule has 0 aromatic heterocycles. The Hall–Kier alpha value is -1.16. The number of amides is 2. The van der Waals surface area contributed by atoms with Crippen LogP contribution in [-0.2, 0) is 14.3 Å². The van der Waals surface area contributed by atoms with E-state index in [-0.39, 0.29) is 23.7 Å². The molecule has 0 bridgehead atoms. The Morgan fingerprint density at radius 3 is 2.00 bits per heavy atom. The van der Waals surface area contributed by atoms with E-state index in [9.17, 15) is 9.59 Å². The fourth-order valence-electron chi connectivity index (χ4n) is 2.72. The number of nitrogens with zero attached hydrogens (tertiary/aromatic N) is 1. The molecule has 0 unspecified atom stereocenters. The van der Waals surface area contributed by atoms with E-state index in [1.54, 1.807) is 7.11 Å². The van der Waals surface area contributed by atoms with Gasteiger partial charge < -0.3 is 4.74 Å². The number of hydrogen-bond acceptors (Lipinski definition) is 3. The molecule has 0 radical (unpaired) electrons. The third kappa shape index (κ3) is 2.02. The number of fused-ring (bicyclic) bond motifs is 1. The fraction of sp³-hybridized carbons (Fsp3) is 0.692. The normalized spacial score (nSPS) is 29.0. The summed E-state index contributed by atoms with van der Waals surface area (Å²) in [4.78, 5) is 25.7. The zero-order valence-electron chi connectivity index (χ0n) is 10.7. The molecule has 0 spiro atoms. The van der Waals surface area contributed by atoms with Crippen molar-refractivity contribution in [2.75, 3.05) is 20.3 Å². The molecule has 2 amide bonds. The van der Waals surface area contributed by atoms with Crippen molar-refractivity contribution in [3.8, 4) is 0 Å². The molecule has 1 fully saturated rings. The van der Waals surface area contributed by atoms with Gasteiger partial charge in [-0.3, -0.25) is 14.5 Å². The molecule has 0 aromatic carbocycles. The molecule has 94 valence electrons. The van der Waals surface area contributed by atoms with Crippen molar-refractivity contribution in [3.63, 3.8) is 0 Å². The Bertz CT molecular complexity index is 354. The topological polar surface area (TPSA) is 46.6 Å². The molecular formula is C13H19NO3. The van der Waals surface area contributed by atoms with E-state index in [0.29, 0.717) is 13.2 Å². The minimum absolute atomic E-state index is 0.0103. The van der Waals surface area contributed by atoms with Crippen LogP contribution in [0.2, 0.25) is 0 Å². The minimum Gasteiger partial charge on any atom is -0.383 e. The molecule has 1 heterocycles. The molecule has 2 rings (SSSR count). The SMILES string of the molecule is COCCN1C(=O)[C@@H]2CC(C)=C(C)C[C@H]2C1=O. The summed E-state index contributed by atoms with van der Waals surface area (Å²) in [5, 5.41) is 0. The number of rotatable bonds is 3. The largest absolute Gasteiger partial charge is 0.383 e. The van der Waals surface area contributed by atoms with Gasteiger partial charge >= 0.3 is 0 Å². The molecule has 1 aliphatic heterocycles. The monoisotopic (exact) mass is 237 g/mol. The number of carbonyl (C=O) groups is 2. The molecule has 4 nitrogen and oxygen atoms in total. The Morgan fingerprint density at radius 2 is 1.59 bits per heavy atom. The van der Waals surface area contributed by atoms with E-state index in [2.05, 4.69) is 13.8 Å². The lowest BCUT2D eigenvalue weighted by molar-refractivity contribution is -0.140. The first-order valence-corrected chi connectivity index (χ1v) is 6.05. The lowest BCUT2D eigenvalue weighted by atomic mass is 9.78. The highest BCUT2D eigenvalue weighted by molar-refractivity contribution is 6.05. The van der Waals surface area contributed by atoms with Crippen molar-refractivity contribution in [3.05, 3.63) is 11.1 Å². The lowest BCUT2D eigenvalue weighted by Crippen LogP contribution is -2.34. The highest BCUT2D eigenvalue weighted by Gasteiger charge is 2.48. The number of methoxy groups -OCH3 is 1. The maximum Gasteiger partial charge on any atom is 0.233 e. The Morgan fingerprint density at radius 1 is 1.12 bits per heavy atom. The number of imide groups is 1. The van der Waals surface area contributed by atoms with E-state index in [0.717, 1.165) is 12.8 Å². The van der Waals surface area contributed by atoms with Crippen LogP contribution in [0.3, 0.4) is 0 Å². The maximum atomic E-state index is 12.1. The van der Waals surface area contributed by atoms with Crippen LogP contribution in [0.4, 0.5) is 0 Å². The second kappa shape index (κ2) is 4.61. The van der Waals surface area contributed by atoms with Gasteiger partial charge in [-0.1, -0.05) is 11.1 Å². The van der Waals surface area contributed by atoms with Crippen LogP contribution in [-0.4, -0.2) is 37.0 Å². The number of ether oxygens (including phenoxy) is 1. The zero-order valence-corrected chi connectivity index (χ0v) is 10.7. The van der Waals surface area contributed by atoms with Gasteiger partial charge in [-0.15, -0.1) is 0 Å². The van der Waals surface area contributed by atoms with E-state index >= 15 is 0 Å². The summed E-state index contributed by atoms with van der Waals surface area (Å²) in [5.41, 5.74) is 2.53. The van der Waals surface area contributed by atoms with E-state index in [4.69, 9.17) is 4.74 Å². The van der Waals surface area contributed by atoms with Crippen molar-refractivity contribution in [2.45, 2.75) is 26.7 Å². The first-order valence-electron chi connectivity index (χ1n) is 6.05. The highest BCUT2D eigenvalue weighted by Crippen LogP contribution is 2.40. The minimum atomic E-state index is -0.122. The van der Waals surface area contributed by atoms with Gasteiger partial charge in [0.25, 0.3) is 0 Å². The first kappa shape index (κ1) is 12.3. The molecule has 2 atom stereocenters. The molecule has 1 saturated heterocycles. The van der Waals surface area contributed by atoms with E-state index < -0.39 is 0 Å². The molecule has 1 aliphatic carbocycles. The Kier molecular flexibility index (Phi) is 3.33. The molecular weight excluding hydrogens is 218 g/mol. The summed E-state index contributed by atoms with van der Waals surface area (Å²) in [6.07, 6.45) is 1.48. The lowest BCUT2D eigenvalue weighted by Gasteiger charge is -2.23. The van der Waals surface area contributed by atoms with Crippen molar-refractivity contribution in [1.82, 2.24) is 4.90 Å². The van der Waals surface area contributed by atoms with Crippen LogP contribution in [0.1, 0.15) is 26.7 Å². The van der Waals surface area contributed by atoms with Crippen LogP contribution in [0.5, 0.6) is 0 Å². The summed E-state index contributed by atoms with van der Waals surface area (Å²) in [7, 11) is 1.58. The van der Waals surface area contributed by atoms with E-state index in [1.807, 2.05) is 0 Å². The zero-order chi connectivity index (χ0) is 12.6. The predicted octanol–water partition coefficient (Wildman–Crippen LogP) is 1.36. The van der Waals surface area contributed by atoms with Gasteiger partial charge in [-0.05, 0) is 26.7 Å². The molecule has 2 aliphatic rings. The van der Waals surface area contributed by atoms with Gasteiger partial charge in [0, 0.05) is 7.11 Å². The third-order valence-electron chi connectivity index (χ3n) is 3.95.